The van der Waals surface area contributed by atoms with Gasteiger partial charge in [0.2, 0.25) is 0 Å². The lowest BCUT2D eigenvalue weighted by molar-refractivity contribution is 0.0695. The van der Waals surface area contributed by atoms with Gasteiger partial charge < -0.3 is 5.11 Å². The molecule has 1 heterocycles. The first-order chi connectivity index (χ1) is 10.1. The van der Waals surface area contributed by atoms with Crippen LogP contribution in [0, 0.1) is 0 Å². The molecule has 0 radical (unpaired) electrons. The molecule has 0 bridgehead atoms. The zero-order chi connectivity index (χ0) is 15.0. The van der Waals surface area contributed by atoms with Gasteiger partial charge >= 0.3 is 11.7 Å². The van der Waals surface area contributed by atoms with E-state index < -0.39 is 5.97 Å². The SMILES string of the molecule is Cn1c(=O)n(Cc2ccccc2C(=O)O)c2ccccc21. The van der Waals surface area contributed by atoms with Crippen molar-refractivity contribution in [2.45, 2.75) is 6.54 Å². The molecule has 2 aromatic carbocycles. The predicted octanol–water partition coefficient (Wildman–Crippen LogP) is 2.09. The molecule has 1 N–H and O–H groups in total. The molecular formula is C16H14N2O3. The Balaban J connectivity index is 2.18. The number of imidazole rings is 1. The number of benzene rings is 2. The van der Waals surface area contributed by atoms with E-state index in [0.717, 1.165) is 11.0 Å². The Morgan fingerprint density at radius 1 is 1.05 bits per heavy atom. The summed E-state index contributed by atoms with van der Waals surface area (Å²) in [5.41, 5.74) is 2.30. The fourth-order valence-electron chi connectivity index (χ4n) is 2.55. The number of aromatic carboxylic acids is 1. The molecule has 0 saturated carbocycles. The Hall–Kier alpha value is -2.82. The van der Waals surface area contributed by atoms with Crippen LogP contribution in [-0.4, -0.2) is 20.2 Å². The summed E-state index contributed by atoms with van der Waals surface area (Å²) in [6.07, 6.45) is 0. The van der Waals surface area contributed by atoms with Crippen molar-refractivity contribution in [2.75, 3.05) is 0 Å². The molecule has 0 aliphatic carbocycles. The number of carboxylic acid groups (broad SMARTS) is 1. The number of carbonyl (C=O) groups is 1. The van der Waals surface area contributed by atoms with Crippen LogP contribution in [0.1, 0.15) is 15.9 Å². The van der Waals surface area contributed by atoms with E-state index in [4.69, 9.17) is 0 Å². The van der Waals surface area contributed by atoms with Gasteiger partial charge in [-0.05, 0) is 23.8 Å². The average molecular weight is 282 g/mol. The molecule has 0 saturated heterocycles. The molecule has 0 unspecified atom stereocenters. The lowest BCUT2D eigenvalue weighted by atomic mass is 10.1. The van der Waals surface area contributed by atoms with Gasteiger partial charge in [0.05, 0.1) is 23.1 Å². The average Bonchev–Trinajstić information content (AvgIpc) is 2.73. The van der Waals surface area contributed by atoms with E-state index >= 15 is 0 Å². The Labute approximate surface area is 120 Å². The van der Waals surface area contributed by atoms with Gasteiger partial charge in [-0.25, -0.2) is 9.59 Å². The summed E-state index contributed by atoms with van der Waals surface area (Å²) >= 11 is 0. The largest absolute Gasteiger partial charge is 0.478 e. The molecule has 5 heteroatoms. The maximum Gasteiger partial charge on any atom is 0.336 e. The molecule has 106 valence electrons. The van der Waals surface area contributed by atoms with Crippen LogP contribution in [-0.2, 0) is 13.6 Å². The van der Waals surface area contributed by atoms with Gasteiger partial charge in [-0.2, -0.15) is 0 Å². The molecule has 0 aliphatic heterocycles. The molecule has 0 spiro atoms. The second-order valence-corrected chi connectivity index (χ2v) is 4.88. The Bertz CT molecular complexity index is 890. The fourth-order valence-corrected chi connectivity index (χ4v) is 2.55. The highest BCUT2D eigenvalue weighted by atomic mass is 16.4. The van der Waals surface area contributed by atoms with Crippen LogP contribution in [0.5, 0.6) is 0 Å². The van der Waals surface area contributed by atoms with Crippen molar-refractivity contribution >= 4 is 17.0 Å². The van der Waals surface area contributed by atoms with E-state index in [0.29, 0.717) is 5.56 Å². The minimum Gasteiger partial charge on any atom is -0.478 e. The van der Waals surface area contributed by atoms with E-state index in [1.165, 1.54) is 0 Å². The molecule has 21 heavy (non-hydrogen) atoms. The number of fused-ring (bicyclic) bond motifs is 1. The lowest BCUT2D eigenvalue weighted by Crippen LogP contribution is -2.23. The molecule has 3 rings (SSSR count). The van der Waals surface area contributed by atoms with E-state index in [1.807, 2.05) is 24.3 Å². The standard InChI is InChI=1S/C16H14N2O3/c1-17-13-8-4-5-9-14(13)18(16(17)21)10-11-6-2-3-7-12(11)15(19)20/h2-9H,10H2,1H3,(H,19,20). The lowest BCUT2D eigenvalue weighted by Gasteiger charge is -2.07. The van der Waals surface area contributed by atoms with Gasteiger partial charge in [-0.1, -0.05) is 30.3 Å². The summed E-state index contributed by atoms with van der Waals surface area (Å²) in [6, 6.07) is 14.2. The van der Waals surface area contributed by atoms with Crippen LogP contribution in [0.15, 0.2) is 53.3 Å². The number of hydrogen-bond donors (Lipinski definition) is 1. The van der Waals surface area contributed by atoms with Gasteiger partial charge in [0.1, 0.15) is 0 Å². The highest BCUT2D eigenvalue weighted by Crippen LogP contribution is 2.15. The topological polar surface area (TPSA) is 64.2 Å². The van der Waals surface area contributed by atoms with Crippen LogP contribution < -0.4 is 5.69 Å². The summed E-state index contributed by atoms with van der Waals surface area (Å²) < 4.78 is 3.16. The summed E-state index contributed by atoms with van der Waals surface area (Å²) in [4.78, 5) is 23.6. The number of aryl methyl sites for hydroxylation is 1. The van der Waals surface area contributed by atoms with Crippen molar-refractivity contribution in [2.24, 2.45) is 7.05 Å². The van der Waals surface area contributed by atoms with Crippen molar-refractivity contribution in [1.29, 1.82) is 0 Å². The number of aromatic nitrogens is 2. The Morgan fingerprint density at radius 3 is 2.38 bits per heavy atom. The molecule has 5 nitrogen and oxygen atoms in total. The summed E-state index contributed by atoms with van der Waals surface area (Å²) in [5, 5.41) is 9.24. The highest BCUT2D eigenvalue weighted by Gasteiger charge is 2.14. The smallest absolute Gasteiger partial charge is 0.336 e. The quantitative estimate of drug-likeness (QED) is 0.800. The third kappa shape index (κ3) is 2.12. The van der Waals surface area contributed by atoms with E-state index in [-0.39, 0.29) is 17.8 Å². The maximum absolute atomic E-state index is 12.4. The van der Waals surface area contributed by atoms with Crippen LogP contribution in [0.2, 0.25) is 0 Å². The zero-order valence-corrected chi connectivity index (χ0v) is 11.5. The molecule has 1 aromatic heterocycles. The molecular weight excluding hydrogens is 268 g/mol. The second kappa shape index (κ2) is 4.94. The van der Waals surface area contributed by atoms with Crippen molar-refractivity contribution < 1.29 is 9.90 Å². The maximum atomic E-state index is 12.4. The first kappa shape index (κ1) is 13.2. The van der Waals surface area contributed by atoms with Gasteiger partial charge in [0.25, 0.3) is 0 Å². The number of nitrogens with zero attached hydrogens (tertiary/aromatic N) is 2. The van der Waals surface area contributed by atoms with Gasteiger partial charge in [0, 0.05) is 7.05 Å². The number of hydrogen-bond acceptors (Lipinski definition) is 2. The van der Waals surface area contributed by atoms with Gasteiger partial charge in [-0.3, -0.25) is 9.13 Å². The van der Waals surface area contributed by atoms with E-state index in [2.05, 4.69) is 0 Å². The minimum absolute atomic E-state index is 0.156. The van der Waals surface area contributed by atoms with Gasteiger partial charge in [0.15, 0.2) is 0 Å². The Morgan fingerprint density at radius 2 is 1.67 bits per heavy atom. The van der Waals surface area contributed by atoms with Crippen molar-refractivity contribution in [3.05, 3.63) is 70.1 Å². The van der Waals surface area contributed by atoms with Crippen LogP contribution in [0.3, 0.4) is 0 Å². The molecule has 3 aromatic rings. The normalized spacial score (nSPS) is 10.9. The highest BCUT2D eigenvalue weighted by molar-refractivity contribution is 5.89. The minimum atomic E-state index is -0.987. The number of rotatable bonds is 3. The first-order valence-corrected chi connectivity index (χ1v) is 6.55. The monoisotopic (exact) mass is 282 g/mol. The van der Waals surface area contributed by atoms with E-state index in [9.17, 15) is 14.7 Å². The fraction of sp³-hybridized carbons (Fsp3) is 0.125. The van der Waals surface area contributed by atoms with Gasteiger partial charge in [-0.15, -0.1) is 0 Å². The third-order valence-corrected chi connectivity index (χ3v) is 3.63. The predicted molar refractivity (Wildman–Crippen MR) is 79.7 cm³/mol. The number of carboxylic acids is 1. The molecule has 0 aliphatic rings. The first-order valence-electron chi connectivity index (χ1n) is 6.55. The van der Waals surface area contributed by atoms with Crippen molar-refractivity contribution in [3.63, 3.8) is 0 Å². The van der Waals surface area contributed by atoms with Crippen LogP contribution in [0.4, 0.5) is 0 Å². The van der Waals surface area contributed by atoms with Crippen LogP contribution >= 0.6 is 0 Å². The summed E-state index contributed by atoms with van der Waals surface area (Å²) in [6.45, 7) is 0.239. The van der Waals surface area contributed by atoms with Crippen molar-refractivity contribution in [1.82, 2.24) is 9.13 Å². The zero-order valence-electron chi connectivity index (χ0n) is 11.5. The molecule has 0 fully saturated rings. The molecule has 0 atom stereocenters. The van der Waals surface area contributed by atoms with Crippen LogP contribution in [0.25, 0.3) is 11.0 Å². The third-order valence-electron chi connectivity index (χ3n) is 3.63. The Kier molecular flexibility index (Phi) is 3.10. The summed E-state index contributed by atoms with van der Waals surface area (Å²) in [5.74, 6) is -0.987. The van der Waals surface area contributed by atoms with E-state index in [1.54, 1.807) is 40.4 Å². The summed E-state index contributed by atoms with van der Waals surface area (Å²) in [7, 11) is 1.71. The number of para-hydroxylation sites is 2. The molecule has 0 amide bonds. The second-order valence-electron chi connectivity index (χ2n) is 4.88. The van der Waals surface area contributed by atoms with Crippen molar-refractivity contribution in [3.8, 4) is 0 Å².